The molecule has 2 aromatic carbocycles. The Bertz CT molecular complexity index is 940. The van der Waals surface area contributed by atoms with Crippen LogP contribution in [0, 0.1) is 11.8 Å². The minimum absolute atomic E-state index is 0.0488. The molecule has 1 aliphatic heterocycles. The predicted molar refractivity (Wildman–Crippen MR) is 111 cm³/mol. The first kappa shape index (κ1) is 21.6. The highest BCUT2D eigenvalue weighted by Gasteiger charge is 2.30. The molecule has 1 fully saturated rings. The van der Waals surface area contributed by atoms with Crippen LogP contribution in [0.2, 0.25) is 0 Å². The first-order valence-electron chi connectivity index (χ1n) is 9.82. The number of nitrogens with one attached hydrogen (secondary N) is 1. The molecule has 1 heterocycles. The summed E-state index contributed by atoms with van der Waals surface area (Å²) >= 11 is 0. The lowest BCUT2D eigenvalue weighted by Gasteiger charge is -2.24. The van der Waals surface area contributed by atoms with Crippen LogP contribution in [0.25, 0.3) is 0 Å². The summed E-state index contributed by atoms with van der Waals surface area (Å²) in [5.74, 6) is 5.36. The second kappa shape index (κ2) is 9.57. The quantitative estimate of drug-likeness (QED) is 0.747. The van der Waals surface area contributed by atoms with Crippen LogP contribution < -0.4 is 10.2 Å². The molecule has 1 aliphatic rings. The van der Waals surface area contributed by atoms with Crippen molar-refractivity contribution in [3.63, 3.8) is 0 Å². The Kier molecular flexibility index (Phi) is 6.88. The average Bonchev–Trinajstić information content (AvgIpc) is 3.25. The summed E-state index contributed by atoms with van der Waals surface area (Å²) in [6, 6.07) is 12.6. The van der Waals surface area contributed by atoms with Gasteiger partial charge in [0.1, 0.15) is 0 Å². The van der Waals surface area contributed by atoms with Gasteiger partial charge >= 0.3 is 12.2 Å². The number of amides is 2. The maximum atomic E-state index is 12.7. The third-order valence-corrected chi connectivity index (χ3v) is 4.94. The van der Waals surface area contributed by atoms with Crippen molar-refractivity contribution in [1.29, 1.82) is 0 Å². The lowest BCUT2D eigenvalue weighted by molar-refractivity contribution is -0.137. The molecule has 1 N–H and O–H groups in total. The number of hydrogen-bond donors (Lipinski definition) is 1. The number of nitrogens with zero attached hydrogens (tertiary/aromatic N) is 2. The smallest absolute Gasteiger partial charge is 0.371 e. The van der Waals surface area contributed by atoms with E-state index in [1.54, 1.807) is 11.9 Å². The fraction of sp³-hybridized carbons (Fsp3) is 0.348. The molecular formula is C23H24F3N3O. The molecule has 0 unspecified atom stereocenters. The van der Waals surface area contributed by atoms with E-state index in [1.165, 1.54) is 25.0 Å². The maximum Gasteiger partial charge on any atom is 0.416 e. The van der Waals surface area contributed by atoms with E-state index in [-0.39, 0.29) is 18.1 Å². The number of benzene rings is 2. The van der Waals surface area contributed by atoms with E-state index in [0.717, 1.165) is 36.5 Å². The monoisotopic (exact) mass is 415 g/mol. The SMILES string of the molecule is CN(Cc1ccccc1N1CCCC1)C(=O)NCC#Cc1cccc(C(F)(F)F)c1. The molecule has 4 nitrogen and oxygen atoms in total. The number of rotatable bonds is 4. The van der Waals surface area contributed by atoms with Gasteiger partial charge in [0, 0.05) is 37.9 Å². The Labute approximate surface area is 174 Å². The predicted octanol–water partition coefficient (Wildman–Crippen LogP) is 4.50. The van der Waals surface area contributed by atoms with Crippen molar-refractivity contribution in [2.24, 2.45) is 0 Å². The molecule has 3 rings (SSSR count). The van der Waals surface area contributed by atoms with Gasteiger partial charge in [-0.25, -0.2) is 4.79 Å². The lowest BCUT2D eigenvalue weighted by Crippen LogP contribution is -2.37. The fourth-order valence-corrected chi connectivity index (χ4v) is 3.41. The summed E-state index contributed by atoms with van der Waals surface area (Å²) in [4.78, 5) is 16.3. The van der Waals surface area contributed by atoms with E-state index in [9.17, 15) is 18.0 Å². The van der Waals surface area contributed by atoms with E-state index in [0.29, 0.717) is 6.54 Å². The zero-order chi connectivity index (χ0) is 21.6. The summed E-state index contributed by atoms with van der Waals surface area (Å²) in [7, 11) is 1.70. The average molecular weight is 415 g/mol. The number of para-hydroxylation sites is 1. The molecule has 158 valence electrons. The molecule has 2 amide bonds. The highest BCUT2D eigenvalue weighted by atomic mass is 19.4. The van der Waals surface area contributed by atoms with Crippen LogP contribution in [0.3, 0.4) is 0 Å². The first-order valence-corrected chi connectivity index (χ1v) is 9.82. The van der Waals surface area contributed by atoms with Gasteiger partial charge < -0.3 is 15.1 Å². The third-order valence-electron chi connectivity index (χ3n) is 4.94. The zero-order valence-corrected chi connectivity index (χ0v) is 16.8. The number of halogens is 3. The number of hydrogen-bond acceptors (Lipinski definition) is 2. The normalized spacial score (nSPS) is 13.5. The van der Waals surface area contributed by atoms with E-state index in [2.05, 4.69) is 28.1 Å². The van der Waals surface area contributed by atoms with Gasteiger partial charge in [0.2, 0.25) is 0 Å². The van der Waals surface area contributed by atoms with E-state index >= 15 is 0 Å². The molecular weight excluding hydrogens is 391 g/mol. The Balaban J connectivity index is 1.55. The van der Waals surface area contributed by atoms with Crippen molar-refractivity contribution in [3.05, 3.63) is 65.2 Å². The molecule has 30 heavy (non-hydrogen) atoms. The van der Waals surface area contributed by atoms with E-state index in [1.807, 2.05) is 18.2 Å². The topological polar surface area (TPSA) is 35.6 Å². The minimum Gasteiger partial charge on any atom is -0.371 e. The molecule has 7 heteroatoms. The molecule has 0 aliphatic carbocycles. The minimum atomic E-state index is -4.40. The van der Waals surface area contributed by atoms with Gasteiger partial charge in [0.25, 0.3) is 0 Å². The van der Waals surface area contributed by atoms with Gasteiger partial charge in [-0.2, -0.15) is 13.2 Å². The summed E-state index contributed by atoms with van der Waals surface area (Å²) in [6.07, 6.45) is -2.05. The summed E-state index contributed by atoms with van der Waals surface area (Å²) in [5, 5.41) is 2.68. The van der Waals surface area contributed by atoms with E-state index < -0.39 is 11.7 Å². The number of carbonyl (C=O) groups excluding carboxylic acids is 1. The molecule has 0 bridgehead atoms. The number of alkyl halides is 3. The van der Waals surface area contributed by atoms with Crippen LogP contribution >= 0.6 is 0 Å². The van der Waals surface area contributed by atoms with Crippen molar-refractivity contribution in [2.75, 3.05) is 31.6 Å². The van der Waals surface area contributed by atoms with Crippen LogP contribution in [-0.4, -0.2) is 37.6 Å². The standard InChI is InChI=1S/C23H24F3N3O/c1-28(17-19-10-2-3-12-21(19)29-14-4-5-15-29)22(30)27-13-7-9-18-8-6-11-20(16-18)23(24,25)26/h2-3,6,8,10-12,16H,4-5,13-15,17H2,1H3,(H,27,30). The summed E-state index contributed by atoms with van der Waals surface area (Å²) < 4.78 is 38.2. The molecule has 0 radical (unpaired) electrons. The molecule has 0 aromatic heterocycles. The molecule has 0 saturated carbocycles. The Morgan fingerprint density at radius 1 is 1.13 bits per heavy atom. The molecule has 0 atom stereocenters. The Morgan fingerprint density at radius 2 is 1.87 bits per heavy atom. The lowest BCUT2D eigenvalue weighted by atomic mass is 10.1. The number of carbonyl (C=O) groups is 1. The first-order chi connectivity index (χ1) is 14.3. The zero-order valence-electron chi connectivity index (χ0n) is 16.8. The largest absolute Gasteiger partial charge is 0.416 e. The van der Waals surface area contributed by atoms with Crippen LogP contribution in [0.5, 0.6) is 0 Å². The molecule has 2 aromatic rings. The fourth-order valence-electron chi connectivity index (χ4n) is 3.41. The third kappa shape index (κ3) is 5.69. The van der Waals surface area contributed by atoms with Crippen molar-refractivity contribution < 1.29 is 18.0 Å². The van der Waals surface area contributed by atoms with Gasteiger partial charge in [0.15, 0.2) is 0 Å². The second-order valence-corrected chi connectivity index (χ2v) is 7.22. The van der Waals surface area contributed by atoms with E-state index in [4.69, 9.17) is 0 Å². The van der Waals surface area contributed by atoms with Gasteiger partial charge in [-0.15, -0.1) is 0 Å². The Hall–Kier alpha value is -3.14. The number of anilines is 1. The highest BCUT2D eigenvalue weighted by Crippen LogP contribution is 2.29. The van der Waals surface area contributed by atoms with Crippen LogP contribution in [0.4, 0.5) is 23.7 Å². The second-order valence-electron chi connectivity index (χ2n) is 7.22. The summed E-state index contributed by atoms with van der Waals surface area (Å²) in [5.41, 5.74) is 1.74. The molecule has 1 saturated heterocycles. The Morgan fingerprint density at radius 3 is 2.60 bits per heavy atom. The van der Waals surface area contributed by atoms with Crippen molar-refractivity contribution in [2.45, 2.75) is 25.6 Å². The van der Waals surface area contributed by atoms with Gasteiger partial charge in [-0.3, -0.25) is 0 Å². The van der Waals surface area contributed by atoms with Gasteiger partial charge in [-0.1, -0.05) is 36.1 Å². The summed E-state index contributed by atoms with van der Waals surface area (Å²) in [6.45, 7) is 2.56. The van der Waals surface area contributed by atoms with Gasteiger partial charge in [0.05, 0.1) is 12.1 Å². The van der Waals surface area contributed by atoms with Gasteiger partial charge in [-0.05, 0) is 42.7 Å². The number of urea groups is 1. The van der Waals surface area contributed by atoms with Crippen LogP contribution in [0.15, 0.2) is 48.5 Å². The van der Waals surface area contributed by atoms with Crippen LogP contribution in [-0.2, 0) is 12.7 Å². The van der Waals surface area contributed by atoms with Crippen molar-refractivity contribution >= 4 is 11.7 Å². The van der Waals surface area contributed by atoms with Crippen LogP contribution in [0.1, 0.15) is 29.5 Å². The van der Waals surface area contributed by atoms with Crippen molar-refractivity contribution in [1.82, 2.24) is 10.2 Å². The maximum absolute atomic E-state index is 12.7. The van der Waals surface area contributed by atoms with Crippen molar-refractivity contribution in [3.8, 4) is 11.8 Å². The highest BCUT2D eigenvalue weighted by molar-refractivity contribution is 5.74. The molecule has 0 spiro atoms.